The van der Waals surface area contributed by atoms with Gasteiger partial charge in [-0.05, 0) is 25.2 Å². The number of rotatable bonds is 8. The van der Waals surface area contributed by atoms with E-state index in [4.69, 9.17) is 9.47 Å². The molecule has 0 N–H and O–H groups in total. The van der Waals surface area contributed by atoms with E-state index in [9.17, 15) is 4.79 Å². The summed E-state index contributed by atoms with van der Waals surface area (Å²) >= 11 is 0. The van der Waals surface area contributed by atoms with Crippen molar-refractivity contribution in [3.63, 3.8) is 0 Å². The average molecular weight is 280 g/mol. The van der Waals surface area contributed by atoms with Crippen molar-refractivity contribution in [2.24, 2.45) is 11.8 Å². The van der Waals surface area contributed by atoms with Crippen LogP contribution < -0.4 is 0 Å². The molecule has 0 aromatic rings. The van der Waals surface area contributed by atoms with Crippen LogP contribution in [0.25, 0.3) is 0 Å². The lowest BCUT2D eigenvalue weighted by Crippen LogP contribution is -2.36. The Morgan fingerprint density at radius 3 is 2.70 bits per heavy atom. The molecule has 1 spiro atoms. The van der Waals surface area contributed by atoms with E-state index in [1.165, 1.54) is 25.7 Å². The van der Waals surface area contributed by atoms with Crippen LogP contribution in [0.15, 0.2) is 12.2 Å². The largest absolute Gasteiger partial charge is 0.347 e. The van der Waals surface area contributed by atoms with Crippen molar-refractivity contribution in [2.75, 3.05) is 13.2 Å². The zero-order valence-electron chi connectivity index (χ0n) is 12.7. The van der Waals surface area contributed by atoms with Gasteiger partial charge in [0.25, 0.3) is 0 Å². The minimum Gasteiger partial charge on any atom is -0.347 e. The number of aldehydes is 1. The van der Waals surface area contributed by atoms with Crippen LogP contribution in [0.1, 0.15) is 58.3 Å². The summed E-state index contributed by atoms with van der Waals surface area (Å²) in [6.07, 6.45) is 14.5. The standard InChI is InChI=1S/C17H28O3/c1-2-3-4-5-6-7-8-15-9-11-17(16(15)10-12-18)19-13-14-20-17/h7-8,12,15-16H,2-6,9-11,13-14H2,1H3. The molecule has 1 heterocycles. The summed E-state index contributed by atoms with van der Waals surface area (Å²) in [5.41, 5.74) is 0. The lowest BCUT2D eigenvalue weighted by Gasteiger charge is -2.30. The molecule has 0 aromatic carbocycles. The van der Waals surface area contributed by atoms with Gasteiger partial charge in [0.1, 0.15) is 6.29 Å². The van der Waals surface area contributed by atoms with Crippen LogP contribution in [-0.2, 0) is 14.3 Å². The van der Waals surface area contributed by atoms with Crippen LogP contribution in [0.2, 0.25) is 0 Å². The SMILES string of the molecule is CCCCCCC=CC1CCC2(OCCO2)C1CC=O. The van der Waals surface area contributed by atoms with Crippen LogP contribution in [-0.4, -0.2) is 25.3 Å². The van der Waals surface area contributed by atoms with E-state index < -0.39 is 5.79 Å². The van der Waals surface area contributed by atoms with Crippen LogP contribution in [0.3, 0.4) is 0 Å². The fourth-order valence-corrected chi connectivity index (χ4v) is 3.56. The van der Waals surface area contributed by atoms with Gasteiger partial charge in [-0.1, -0.05) is 38.3 Å². The van der Waals surface area contributed by atoms with Crippen LogP contribution >= 0.6 is 0 Å². The first-order valence-electron chi connectivity index (χ1n) is 8.20. The predicted octanol–water partition coefficient (Wildman–Crippen LogP) is 3.87. The van der Waals surface area contributed by atoms with E-state index in [0.717, 1.165) is 25.5 Å². The number of hydrogen-bond donors (Lipinski definition) is 0. The highest BCUT2D eigenvalue weighted by Gasteiger charge is 2.51. The second kappa shape index (κ2) is 7.94. The molecule has 0 bridgehead atoms. The van der Waals surface area contributed by atoms with Crippen molar-refractivity contribution in [2.45, 2.75) is 64.1 Å². The average Bonchev–Trinajstić information content (AvgIpc) is 3.05. The van der Waals surface area contributed by atoms with Gasteiger partial charge in [-0.25, -0.2) is 0 Å². The molecular formula is C17H28O3. The summed E-state index contributed by atoms with van der Waals surface area (Å²) in [4.78, 5) is 11.0. The molecule has 2 rings (SSSR count). The van der Waals surface area contributed by atoms with Gasteiger partial charge in [0, 0.05) is 18.8 Å². The first-order valence-corrected chi connectivity index (χ1v) is 8.20. The highest BCUT2D eigenvalue weighted by molar-refractivity contribution is 5.50. The summed E-state index contributed by atoms with van der Waals surface area (Å²) in [6, 6.07) is 0. The molecule has 1 saturated carbocycles. The number of carbonyl (C=O) groups excluding carboxylic acids is 1. The van der Waals surface area contributed by atoms with Gasteiger partial charge in [0.05, 0.1) is 13.2 Å². The lowest BCUT2D eigenvalue weighted by atomic mass is 9.89. The van der Waals surface area contributed by atoms with E-state index in [1.54, 1.807) is 0 Å². The normalized spacial score (nSPS) is 28.6. The Hall–Kier alpha value is -0.670. The topological polar surface area (TPSA) is 35.5 Å². The second-order valence-corrected chi connectivity index (χ2v) is 6.00. The van der Waals surface area contributed by atoms with E-state index in [1.807, 2.05) is 0 Å². The quantitative estimate of drug-likeness (QED) is 0.384. The zero-order valence-corrected chi connectivity index (χ0v) is 12.7. The van der Waals surface area contributed by atoms with E-state index >= 15 is 0 Å². The van der Waals surface area contributed by atoms with Gasteiger partial charge in [0.2, 0.25) is 0 Å². The van der Waals surface area contributed by atoms with E-state index in [0.29, 0.717) is 25.6 Å². The molecule has 0 radical (unpaired) electrons. The fourth-order valence-electron chi connectivity index (χ4n) is 3.56. The van der Waals surface area contributed by atoms with Gasteiger partial charge >= 0.3 is 0 Å². The Bertz CT molecular complexity index is 318. The van der Waals surface area contributed by atoms with Crippen LogP contribution in [0.4, 0.5) is 0 Å². The maximum atomic E-state index is 11.0. The van der Waals surface area contributed by atoms with Crippen molar-refractivity contribution in [1.82, 2.24) is 0 Å². The van der Waals surface area contributed by atoms with Gasteiger partial charge in [0.15, 0.2) is 5.79 Å². The Labute approximate surface area is 122 Å². The molecule has 0 amide bonds. The molecular weight excluding hydrogens is 252 g/mol. The molecule has 114 valence electrons. The smallest absolute Gasteiger partial charge is 0.172 e. The van der Waals surface area contributed by atoms with Crippen molar-refractivity contribution >= 4 is 6.29 Å². The summed E-state index contributed by atoms with van der Waals surface area (Å²) in [5, 5.41) is 0. The minimum atomic E-state index is -0.460. The number of allylic oxidation sites excluding steroid dienone is 2. The molecule has 1 aliphatic carbocycles. The third-order valence-corrected chi connectivity index (χ3v) is 4.64. The third-order valence-electron chi connectivity index (χ3n) is 4.64. The molecule has 20 heavy (non-hydrogen) atoms. The lowest BCUT2D eigenvalue weighted by molar-refractivity contribution is -0.185. The van der Waals surface area contributed by atoms with Crippen molar-refractivity contribution in [3.05, 3.63) is 12.2 Å². The summed E-state index contributed by atoms with van der Waals surface area (Å²) in [7, 11) is 0. The molecule has 2 fully saturated rings. The van der Waals surface area contributed by atoms with E-state index in [2.05, 4.69) is 19.1 Å². The first kappa shape index (κ1) is 15.7. The van der Waals surface area contributed by atoms with Gasteiger partial charge in [-0.3, -0.25) is 0 Å². The maximum Gasteiger partial charge on any atom is 0.172 e. The first-order chi connectivity index (χ1) is 9.82. The summed E-state index contributed by atoms with van der Waals surface area (Å²) in [6.45, 7) is 3.57. The molecule has 1 saturated heterocycles. The van der Waals surface area contributed by atoms with E-state index in [-0.39, 0.29) is 5.92 Å². The highest BCUT2D eigenvalue weighted by atomic mass is 16.7. The molecule has 1 aliphatic heterocycles. The molecule has 2 unspecified atom stereocenters. The minimum absolute atomic E-state index is 0.203. The molecule has 3 nitrogen and oxygen atoms in total. The summed E-state index contributed by atoms with van der Waals surface area (Å²) in [5.74, 6) is 0.178. The fraction of sp³-hybridized carbons (Fsp3) is 0.824. The van der Waals surface area contributed by atoms with Crippen molar-refractivity contribution < 1.29 is 14.3 Å². The van der Waals surface area contributed by atoms with Crippen molar-refractivity contribution in [3.8, 4) is 0 Å². The number of carbonyl (C=O) groups is 1. The maximum absolute atomic E-state index is 11.0. The molecule has 3 heteroatoms. The van der Waals surface area contributed by atoms with Crippen LogP contribution in [0.5, 0.6) is 0 Å². The zero-order chi connectivity index (χ0) is 14.3. The monoisotopic (exact) mass is 280 g/mol. The third kappa shape index (κ3) is 3.70. The molecule has 0 aromatic heterocycles. The number of hydrogen-bond acceptors (Lipinski definition) is 3. The molecule has 2 aliphatic rings. The number of ether oxygens (including phenoxy) is 2. The summed E-state index contributed by atoms with van der Waals surface area (Å²) < 4.78 is 11.7. The highest BCUT2D eigenvalue weighted by Crippen LogP contribution is 2.47. The van der Waals surface area contributed by atoms with Gasteiger partial charge in [-0.15, -0.1) is 0 Å². The predicted molar refractivity (Wildman–Crippen MR) is 79.4 cm³/mol. The Kier molecular flexibility index (Phi) is 6.24. The van der Waals surface area contributed by atoms with Gasteiger partial charge in [-0.2, -0.15) is 0 Å². The van der Waals surface area contributed by atoms with Crippen molar-refractivity contribution in [1.29, 1.82) is 0 Å². The second-order valence-electron chi connectivity index (χ2n) is 6.00. The Morgan fingerprint density at radius 1 is 1.20 bits per heavy atom. The van der Waals surface area contributed by atoms with Gasteiger partial charge < -0.3 is 14.3 Å². The molecule has 2 atom stereocenters. The van der Waals surface area contributed by atoms with Crippen LogP contribution in [0, 0.1) is 11.8 Å². The Morgan fingerprint density at radius 2 is 2.00 bits per heavy atom. The Balaban J connectivity index is 1.84. The number of unbranched alkanes of at least 4 members (excludes halogenated alkanes) is 4.